The Hall–Kier alpha value is -0.540. The molecule has 0 spiro atoms. The van der Waals surface area contributed by atoms with Gasteiger partial charge in [0, 0.05) is 6.04 Å². The maximum atomic E-state index is 6.63. The third kappa shape index (κ3) is 3.00. The van der Waals surface area contributed by atoms with Crippen molar-refractivity contribution in [2.75, 3.05) is 0 Å². The van der Waals surface area contributed by atoms with Gasteiger partial charge in [0.25, 0.3) is 0 Å². The van der Waals surface area contributed by atoms with Gasteiger partial charge in [-0.1, -0.05) is 37.3 Å². The second kappa shape index (κ2) is 6.29. The number of halogens is 1. The first-order valence-electron chi connectivity index (χ1n) is 8.56. The molecule has 0 aliphatic heterocycles. The van der Waals surface area contributed by atoms with Gasteiger partial charge in [0.1, 0.15) is 0 Å². The van der Waals surface area contributed by atoms with Crippen LogP contribution in [0.1, 0.15) is 76.6 Å². The lowest BCUT2D eigenvalue weighted by molar-refractivity contribution is 0.115. The highest BCUT2D eigenvalue weighted by atomic mass is 35.5. The summed E-state index contributed by atoms with van der Waals surface area (Å²) >= 11 is 6.38. The van der Waals surface area contributed by atoms with E-state index in [-0.39, 0.29) is 6.04 Å². The minimum Gasteiger partial charge on any atom is -0.322 e. The molecule has 4 atom stereocenters. The van der Waals surface area contributed by atoms with E-state index in [2.05, 4.69) is 18.9 Å². The van der Waals surface area contributed by atoms with E-state index in [0.29, 0.717) is 12.0 Å². The van der Waals surface area contributed by atoms with Crippen LogP contribution in [0.25, 0.3) is 0 Å². The van der Waals surface area contributed by atoms with Crippen LogP contribution in [0.3, 0.4) is 0 Å². The summed E-state index contributed by atoms with van der Waals surface area (Å²) in [5, 5.41) is 5.16. The lowest BCUT2D eigenvalue weighted by Crippen LogP contribution is -2.34. The van der Waals surface area contributed by atoms with Gasteiger partial charge < -0.3 is 5.73 Å². The average molecular weight is 310 g/mol. The zero-order chi connectivity index (χ0) is 15.0. The largest absolute Gasteiger partial charge is 0.322 e. The molecule has 2 fully saturated rings. The molecule has 1 aromatic rings. The summed E-state index contributed by atoms with van der Waals surface area (Å²) in [7, 11) is 0. The van der Waals surface area contributed by atoms with Crippen molar-refractivity contribution in [3.05, 3.63) is 16.9 Å². The predicted octanol–water partition coefficient (Wildman–Crippen LogP) is 4.72. The van der Waals surface area contributed by atoms with Crippen molar-refractivity contribution in [3.63, 3.8) is 0 Å². The first kappa shape index (κ1) is 15.4. The van der Waals surface area contributed by atoms with Crippen LogP contribution < -0.4 is 5.73 Å². The summed E-state index contributed by atoms with van der Waals surface area (Å²) in [6.45, 7) is 4.27. The number of nitrogens with zero attached hydrogens (tertiary/aromatic N) is 2. The van der Waals surface area contributed by atoms with Gasteiger partial charge in [0.15, 0.2) is 0 Å². The van der Waals surface area contributed by atoms with Gasteiger partial charge in [-0.15, -0.1) is 0 Å². The molecule has 0 amide bonds. The molecule has 2 N–H and O–H groups in total. The molecule has 118 valence electrons. The molecule has 0 aromatic carbocycles. The molecule has 4 unspecified atom stereocenters. The SMILES string of the molecule is CC(C)n1ncc(Cl)c1C(N)C1CCC2CCCCC2C1. The van der Waals surface area contributed by atoms with E-state index in [1.807, 2.05) is 4.68 Å². The summed E-state index contributed by atoms with van der Waals surface area (Å²) in [5.41, 5.74) is 7.68. The Kier molecular flexibility index (Phi) is 4.60. The third-order valence-electron chi connectivity index (χ3n) is 5.68. The van der Waals surface area contributed by atoms with Crippen LogP contribution in [0.4, 0.5) is 0 Å². The van der Waals surface area contributed by atoms with Crippen LogP contribution in [-0.4, -0.2) is 9.78 Å². The molecule has 2 aliphatic rings. The Morgan fingerprint density at radius 3 is 2.62 bits per heavy atom. The molecule has 0 radical (unpaired) electrons. The summed E-state index contributed by atoms with van der Waals surface area (Å²) in [4.78, 5) is 0. The quantitative estimate of drug-likeness (QED) is 0.877. The Morgan fingerprint density at radius 1 is 1.19 bits per heavy atom. The molecule has 21 heavy (non-hydrogen) atoms. The first-order valence-corrected chi connectivity index (χ1v) is 8.94. The van der Waals surface area contributed by atoms with Crippen LogP contribution >= 0.6 is 11.6 Å². The van der Waals surface area contributed by atoms with E-state index in [4.69, 9.17) is 17.3 Å². The fourth-order valence-corrected chi connectivity index (χ4v) is 4.79. The lowest BCUT2D eigenvalue weighted by Gasteiger charge is -2.41. The Labute approximate surface area is 133 Å². The van der Waals surface area contributed by atoms with Crippen molar-refractivity contribution in [3.8, 4) is 0 Å². The van der Waals surface area contributed by atoms with E-state index in [1.54, 1.807) is 6.20 Å². The normalized spacial score (nSPS) is 31.2. The summed E-state index contributed by atoms with van der Waals surface area (Å²) in [6, 6.07) is 0.342. The summed E-state index contributed by atoms with van der Waals surface area (Å²) in [6.07, 6.45) is 11.3. The van der Waals surface area contributed by atoms with Crippen LogP contribution in [-0.2, 0) is 0 Å². The monoisotopic (exact) mass is 309 g/mol. The number of nitrogens with two attached hydrogens (primary N) is 1. The Bertz CT molecular complexity index is 482. The maximum Gasteiger partial charge on any atom is 0.0834 e. The van der Waals surface area contributed by atoms with Gasteiger partial charge >= 0.3 is 0 Å². The van der Waals surface area contributed by atoms with Gasteiger partial charge in [-0.25, -0.2) is 0 Å². The molecular weight excluding hydrogens is 282 g/mol. The lowest BCUT2D eigenvalue weighted by atomic mass is 9.66. The first-order chi connectivity index (χ1) is 10.1. The fraction of sp³-hybridized carbons (Fsp3) is 0.824. The third-order valence-corrected chi connectivity index (χ3v) is 5.97. The smallest absolute Gasteiger partial charge is 0.0834 e. The highest BCUT2D eigenvalue weighted by Crippen LogP contribution is 2.46. The van der Waals surface area contributed by atoms with Gasteiger partial charge in [-0.05, 0) is 50.9 Å². The molecule has 3 rings (SSSR count). The van der Waals surface area contributed by atoms with Crippen molar-refractivity contribution in [1.29, 1.82) is 0 Å². The van der Waals surface area contributed by atoms with Crippen molar-refractivity contribution in [1.82, 2.24) is 9.78 Å². The molecular formula is C17H28ClN3. The molecule has 3 nitrogen and oxygen atoms in total. The number of aromatic nitrogens is 2. The number of rotatable bonds is 3. The highest BCUT2D eigenvalue weighted by molar-refractivity contribution is 6.31. The molecule has 0 saturated heterocycles. The predicted molar refractivity (Wildman–Crippen MR) is 87.3 cm³/mol. The topological polar surface area (TPSA) is 43.8 Å². The van der Waals surface area contributed by atoms with E-state index < -0.39 is 0 Å². The second-order valence-electron chi connectivity index (χ2n) is 7.32. The zero-order valence-electron chi connectivity index (χ0n) is 13.3. The van der Waals surface area contributed by atoms with Crippen LogP contribution in [0, 0.1) is 17.8 Å². The fourth-order valence-electron chi connectivity index (χ4n) is 4.53. The maximum absolute atomic E-state index is 6.63. The van der Waals surface area contributed by atoms with Crippen LogP contribution in [0.15, 0.2) is 6.20 Å². The van der Waals surface area contributed by atoms with Gasteiger partial charge in [0.05, 0.1) is 23.0 Å². The minimum absolute atomic E-state index is 0.0327. The van der Waals surface area contributed by atoms with E-state index in [9.17, 15) is 0 Å². The van der Waals surface area contributed by atoms with Gasteiger partial charge in [-0.2, -0.15) is 5.10 Å². The minimum atomic E-state index is 0.0327. The number of fused-ring (bicyclic) bond motifs is 1. The molecule has 2 saturated carbocycles. The standard InChI is InChI=1S/C17H28ClN3/c1-11(2)21-17(15(18)10-20-21)16(19)14-8-7-12-5-3-4-6-13(12)9-14/h10-14,16H,3-9,19H2,1-2H3. The summed E-state index contributed by atoms with van der Waals surface area (Å²) < 4.78 is 2.01. The van der Waals surface area contributed by atoms with E-state index in [0.717, 1.165) is 22.6 Å². The molecule has 4 heteroatoms. The van der Waals surface area contributed by atoms with Crippen LogP contribution in [0.5, 0.6) is 0 Å². The van der Waals surface area contributed by atoms with Crippen LogP contribution in [0.2, 0.25) is 5.02 Å². The van der Waals surface area contributed by atoms with E-state index in [1.165, 1.54) is 44.9 Å². The van der Waals surface area contributed by atoms with Crippen molar-refractivity contribution < 1.29 is 0 Å². The molecule has 2 aliphatic carbocycles. The summed E-state index contributed by atoms with van der Waals surface area (Å²) in [5.74, 6) is 2.43. The Morgan fingerprint density at radius 2 is 1.90 bits per heavy atom. The van der Waals surface area contributed by atoms with Crippen molar-refractivity contribution in [2.45, 2.75) is 70.9 Å². The van der Waals surface area contributed by atoms with E-state index >= 15 is 0 Å². The van der Waals surface area contributed by atoms with Crippen molar-refractivity contribution in [2.24, 2.45) is 23.5 Å². The van der Waals surface area contributed by atoms with Crippen molar-refractivity contribution >= 4 is 11.6 Å². The zero-order valence-corrected chi connectivity index (χ0v) is 14.0. The van der Waals surface area contributed by atoms with Gasteiger partial charge in [-0.3, -0.25) is 4.68 Å². The Balaban J connectivity index is 1.76. The average Bonchev–Trinajstić information content (AvgIpc) is 2.88. The second-order valence-corrected chi connectivity index (χ2v) is 7.73. The molecule has 1 heterocycles. The highest BCUT2D eigenvalue weighted by Gasteiger charge is 2.36. The number of hydrogen-bond acceptors (Lipinski definition) is 2. The molecule has 0 bridgehead atoms. The van der Waals surface area contributed by atoms with Gasteiger partial charge in [0.2, 0.25) is 0 Å². The number of hydrogen-bond donors (Lipinski definition) is 1. The molecule has 1 aromatic heterocycles.